The van der Waals surface area contributed by atoms with E-state index in [-0.39, 0.29) is 5.91 Å². The molecule has 1 aromatic heterocycles. The van der Waals surface area contributed by atoms with Gasteiger partial charge in [-0.1, -0.05) is 35.5 Å². The molecular weight excluding hydrogens is 266 g/mol. The zero-order chi connectivity index (χ0) is 15.2. The maximum absolute atomic E-state index is 12.5. The van der Waals surface area contributed by atoms with Crippen molar-refractivity contribution >= 4 is 5.91 Å². The Morgan fingerprint density at radius 3 is 2.48 bits per heavy atom. The van der Waals surface area contributed by atoms with E-state index < -0.39 is 0 Å². The molecule has 0 saturated heterocycles. The molecule has 0 aliphatic heterocycles. The number of nitrogens with zero attached hydrogens (tertiary/aromatic N) is 3. The van der Waals surface area contributed by atoms with Crippen LogP contribution in [-0.2, 0) is 6.54 Å². The quantitative estimate of drug-likeness (QED) is 0.817. The zero-order valence-corrected chi connectivity index (χ0v) is 12.7. The summed E-state index contributed by atoms with van der Waals surface area (Å²) < 4.78 is 5.10. The summed E-state index contributed by atoms with van der Waals surface area (Å²) in [5.74, 6) is 0.170. The SMILES string of the molecule is Cc1cc(C(=O)N(CCN(C)C)Cc2ccccc2)on1. The van der Waals surface area contributed by atoms with Crippen LogP contribution in [0.15, 0.2) is 40.9 Å². The Morgan fingerprint density at radius 2 is 1.90 bits per heavy atom. The average Bonchev–Trinajstić information content (AvgIpc) is 2.90. The Labute approximate surface area is 125 Å². The maximum atomic E-state index is 12.5. The summed E-state index contributed by atoms with van der Waals surface area (Å²) in [6.45, 7) is 3.81. The van der Waals surface area contributed by atoms with Crippen molar-refractivity contribution in [1.29, 1.82) is 0 Å². The molecule has 0 radical (unpaired) electrons. The first-order valence-corrected chi connectivity index (χ1v) is 6.97. The molecule has 0 N–H and O–H groups in total. The first-order chi connectivity index (χ1) is 10.1. The third-order valence-corrected chi connectivity index (χ3v) is 3.16. The first kappa shape index (κ1) is 15.3. The first-order valence-electron chi connectivity index (χ1n) is 6.97. The van der Waals surface area contributed by atoms with E-state index in [0.29, 0.717) is 24.5 Å². The molecule has 2 rings (SSSR count). The summed E-state index contributed by atoms with van der Waals surface area (Å²) in [5.41, 5.74) is 1.81. The fraction of sp³-hybridized carbons (Fsp3) is 0.375. The second-order valence-corrected chi connectivity index (χ2v) is 5.35. The number of aryl methyl sites for hydroxylation is 1. The van der Waals surface area contributed by atoms with Crippen molar-refractivity contribution in [2.45, 2.75) is 13.5 Å². The number of carbonyl (C=O) groups is 1. The predicted molar refractivity (Wildman–Crippen MR) is 81.0 cm³/mol. The number of hydrogen-bond donors (Lipinski definition) is 0. The normalized spacial score (nSPS) is 10.9. The van der Waals surface area contributed by atoms with E-state index in [1.807, 2.05) is 51.4 Å². The van der Waals surface area contributed by atoms with E-state index in [4.69, 9.17) is 4.52 Å². The van der Waals surface area contributed by atoms with Crippen molar-refractivity contribution in [1.82, 2.24) is 15.0 Å². The van der Waals surface area contributed by atoms with Crippen LogP contribution in [0.4, 0.5) is 0 Å². The minimum Gasteiger partial charge on any atom is -0.351 e. The Balaban J connectivity index is 2.13. The molecule has 0 saturated carbocycles. The monoisotopic (exact) mass is 287 g/mol. The van der Waals surface area contributed by atoms with Gasteiger partial charge in [0, 0.05) is 25.7 Å². The van der Waals surface area contributed by atoms with Gasteiger partial charge in [0.25, 0.3) is 5.91 Å². The molecule has 0 unspecified atom stereocenters. The molecule has 21 heavy (non-hydrogen) atoms. The maximum Gasteiger partial charge on any atom is 0.292 e. The van der Waals surface area contributed by atoms with Crippen LogP contribution in [0.5, 0.6) is 0 Å². The van der Waals surface area contributed by atoms with Gasteiger partial charge < -0.3 is 14.3 Å². The largest absolute Gasteiger partial charge is 0.351 e. The van der Waals surface area contributed by atoms with Crippen LogP contribution in [-0.4, -0.2) is 48.0 Å². The van der Waals surface area contributed by atoms with Gasteiger partial charge in [-0.25, -0.2) is 0 Å². The average molecular weight is 287 g/mol. The number of aromatic nitrogens is 1. The standard InChI is InChI=1S/C16H21N3O2/c1-13-11-15(21-17-13)16(20)19(10-9-18(2)3)12-14-7-5-4-6-8-14/h4-8,11H,9-10,12H2,1-3H3. The predicted octanol–water partition coefficient (Wildman–Crippen LogP) is 2.19. The summed E-state index contributed by atoms with van der Waals surface area (Å²) >= 11 is 0. The highest BCUT2D eigenvalue weighted by Crippen LogP contribution is 2.11. The van der Waals surface area contributed by atoms with Gasteiger partial charge in [0.05, 0.1) is 5.69 Å². The van der Waals surface area contributed by atoms with E-state index in [1.165, 1.54) is 0 Å². The van der Waals surface area contributed by atoms with Crippen molar-refractivity contribution in [3.63, 3.8) is 0 Å². The van der Waals surface area contributed by atoms with Crippen LogP contribution in [0.2, 0.25) is 0 Å². The second kappa shape index (κ2) is 7.04. The highest BCUT2D eigenvalue weighted by molar-refractivity contribution is 5.91. The number of hydrogen-bond acceptors (Lipinski definition) is 4. The number of rotatable bonds is 6. The van der Waals surface area contributed by atoms with Gasteiger partial charge in [-0.3, -0.25) is 4.79 Å². The van der Waals surface area contributed by atoms with Crippen molar-refractivity contribution in [3.05, 3.63) is 53.4 Å². The fourth-order valence-corrected chi connectivity index (χ4v) is 2.00. The van der Waals surface area contributed by atoms with Crippen molar-refractivity contribution in [2.24, 2.45) is 0 Å². The number of carbonyl (C=O) groups excluding carboxylic acids is 1. The van der Waals surface area contributed by atoms with Crippen LogP contribution < -0.4 is 0 Å². The number of benzene rings is 1. The molecule has 1 aromatic carbocycles. The molecule has 0 fully saturated rings. The highest BCUT2D eigenvalue weighted by atomic mass is 16.5. The molecule has 0 atom stereocenters. The third kappa shape index (κ3) is 4.43. The summed E-state index contributed by atoms with van der Waals surface area (Å²) in [6.07, 6.45) is 0. The van der Waals surface area contributed by atoms with E-state index in [1.54, 1.807) is 11.0 Å². The van der Waals surface area contributed by atoms with Crippen LogP contribution in [0.25, 0.3) is 0 Å². The molecule has 2 aromatic rings. The summed E-state index contributed by atoms with van der Waals surface area (Å²) in [5, 5.41) is 3.79. The molecule has 5 nitrogen and oxygen atoms in total. The fourth-order valence-electron chi connectivity index (χ4n) is 2.00. The molecular formula is C16H21N3O2. The van der Waals surface area contributed by atoms with Crippen LogP contribution in [0, 0.1) is 6.92 Å². The lowest BCUT2D eigenvalue weighted by molar-refractivity contribution is 0.0690. The van der Waals surface area contributed by atoms with Gasteiger partial charge in [0.15, 0.2) is 0 Å². The van der Waals surface area contributed by atoms with Gasteiger partial charge in [-0.2, -0.15) is 0 Å². The Kier molecular flexibility index (Phi) is 5.11. The van der Waals surface area contributed by atoms with E-state index in [2.05, 4.69) is 10.1 Å². The van der Waals surface area contributed by atoms with Crippen LogP contribution in [0.1, 0.15) is 21.8 Å². The third-order valence-electron chi connectivity index (χ3n) is 3.16. The summed E-state index contributed by atoms with van der Waals surface area (Å²) in [7, 11) is 3.98. The summed E-state index contributed by atoms with van der Waals surface area (Å²) in [6, 6.07) is 11.6. The van der Waals surface area contributed by atoms with E-state index in [9.17, 15) is 4.79 Å². The summed E-state index contributed by atoms with van der Waals surface area (Å²) in [4.78, 5) is 16.4. The topological polar surface area (TPSA) is 49.6 Å². The molecule has 0 aliphatic carbocycles. The van der Waals surface area contributed by atoms with Gasteiger partial charge in [0.2, 0.25) is 5.76 Å². The number of likely N-dealkylation sites (N-methyl/N-ethyl adjacent to an activating group) is 1. The molecule has 0 bridgehead atoms. The molecule has 112 valence electrons. The minimum absolute atomic E-state index is 0.124. The van der Waals surface area contributed by atoms with Crippen molar-refractivity contribution < 1.29 is 9.32 Å². The minimum atomic E-state index is -0.124. The molecule has 0 aliphatic rings. The molecule has 1 amide bonds. The lowest BCUT2D eigenvalue weighted by atomic mass is 10.2. The van der Waals surface area contributed by atoms with Crippen molar-refractivity contribution in [2.75, 3.05) is 27.2 Å². The van der Waals surface area contributed by atoms with E-state index in [0.717, 1.165) is 12.1 Å². The lowest BCUT2D eigenvalue weighted by Crippen LogP contribution is -2.36. The van der Waals surface area contributed by atoms with Gasteiger partial charge in [-0.15, -0.1) is 0 Å². The molecule has 0 spiro atoms. The smallest absolute Gasteiger partial charge is 0.292 e. The molecule has 5 heteroatoms. The van der Waals surface area contributed by atoms with Crippen LogP contribution in [0.3, 0.4) is 0 Å². The van der Waals surface area contributed by atoms with Gasteiger partial charge in [0.1, 0.15) is 0 Å². The van der Waals surface area contributed by atoms with Gasteiger partial charge in [-0.05, 0) is 26.6 Å². The van der Waals surface area contributed by atoms with Crippen LogP contribution >= 0.6 is 0 Å². The second-order valence-electron chi connectivity index (χ2n) is 5.35. The Bertz CT molecular complexity index is 578. The number of amides is 1. The molecule has 1 heterocycles. The van der Waals surface area contributed by atoms with Crippen molar-refractivity contribution in [3.8, 4) is 0 Å². The Hall–Kier alpha value is -2.14. The van der Waals surface area contributed by atoms with E-state index >= 15 is 0 Å². The zero-order valence-electron chi connectivity index (χ0n) is 12.7. The highest BCUT2D eigenvalue weighted by Gasteiger charge is 2.20. The van der Waals surface area contributed by atoms with Gasteiger partial charge >= 0.3 is 0 Å². The Morgan fingerprint density at radius 1 is 1.19 bits per heavy atom. The lowest BCUT2D eigenvalue weighted by Gasteiger charge is -2.23.